The maximum absolute atomic E-state index is 13.3. The van der Waals surface area contributed by atoms with Crippen molar-refractivity contribution in [2.24, 2.45) is 11.3 Å². The van der Waals surface area contributed by atoms with Crippen LogP contribution in [0, 0.1) is 11.3 Å². The first kappa shape index (κ1) is 22.4. The lowest BCUT2D eigenvalue weighted by atomic mass is 9.68. The number of rotatable bonds is 2. The molecule has 3 rings (SSSR count). The van der Waals surface area contributed by atoms with Crippen molar-refractivity contribution in [3.05, 3.63) is 78.8 Å². The third-order valence-electron chi connectivity index (χ3n) is 5.38. The molecule has 0 N–H and O–H groups in total. The molecule has 0 amide bonds. The summed E-state index contributed by atoms with van der Waals surface area (Å²) in [5.74, 6) is 0.262. The van der Waals surface area contributed by atoms with E-state index in [1.54, 1.807) is 36.4 Å². The summed E-state index contributed by atoms with van der Waals surface area (Å²) in [6, 6.07) is 10.7. The van der Waals surface area contributed by atoms with Gasteiger partial charge in [-0.05, 0) is 60.6 Å². The van der Waals surface area contributed by atoms with E-state index in [1.807, 2.05) is 12.2 Å². The molecule has 1 fully saturated rings. The van der Waals surface area contributed by atoms with Gasteiger partial charge < -0.3 is 0 Å². The zero-order chi connectivity index (χ0) is 21.3. The molecular weight excluding hydrogens is 446 g/mol. The monoisotopic (exact) mass is 466 g/mol. The predicted molar refractivity (Wildman–Crippen MR) is 126 cm³/mol. The van der Waals surface area contributed by atoms with Crippen molar-refractivity contribution in [3.8, 4) is 0 Å². The fourth-order valence-corrected chi connectivity index (χ4v) is 4.51. The molecule has 0 bridgehead atoms. The average Bonchev–Trinajstić information content (AvgIpc) is 2.63. The first-order valence-electron chi connectivity index (χ1n) is 9.42. The summed E-state index contributed by atoms with van der Waals surface area (Å²) in [5, 5.41) is 2.09. The van der Waals surface area contributed by atoms with Gasteiger partial charge in [-0.15, -0.1) is 0 Å². The van der Waals surface area contributed by atoms with Crippen molar-refractivity contribution in [3.63, 3.8) is 0 Å². The Bertz CT molecular complexity index is 898. The summed E-state index contributed by atoms with van der Waals surface area (Å²) in [5.41, 5.74) is 2.75. The number of Topliss-reactive ketones (excluding diaryl/α,β-unsaturated/α-hetero) is 1. The van der Waals surface area contributed by atoms with Crippen molar-refractivity contribution >= 4 is 64.3 Å². The molecule has 1 unspecified atom stereocenters. The third-order valence-corrected chi connectivity index (χ3v) is 6.70. The maximum atomic E-state index is 13.3. The van der Waals surface area contributed by atoms with Crippen LogP contribution in [0.25, 0.3) is 12.2 Å². The number of hydrogen-bond acceptors (Lipinski definition) is 1. The molecule has 0 aliphatic heterocycles. The second kappa shape index (κ2) is 8.86. The van der Waals surface area contributed by atoms with Crippen LogP contribution in [0.4, 0.5) is 0 Å². The number of allylic oxidation sites excluding steroid dienone is 2. The maximum Gasteiger partial charge on any atom is 0.185 e. The summed E-state index contributed by atoms with van der Waals surface area (Å²) in [6.45, 7) is 6.56. The molecule has 0 saturated heterocycles. The molecular formula is C24H22Cl4O. The van der Waals surface area contributed by atoms with E-state index in [0.29, 0.717) is 55.2 Å². The molecule has 1 nitrogen and oxygen atoms in total. The summed E-state index contributed by atoms with van der Waals surface area (Å²) < 4.78 is 0. The fraction of sp³-hybridized carbons (Fsp3) is 0.292. The molecule has 29 heavy (non-hydrogen) atoms. The number of benzene rings is 2. The first-order chi connectivity index (χ1) is 13.6. The minimum Gasteiger partial charge on any atom is -0.289 e. The zero-order valence-electron chi connectivity index (χ0n) is 16.5. The average molecular weight is 468 g/mol. The molecule has 1 aliphatic carbocycles. The van der Waals surface area contributed by atoms with E-state index in [9.17, 15) is 4.79 Å². The quantitative estimate of drug-likeness (QED) is 0.403. The van der Waals surface area contributed by atoms with E-state index >= 15 is 0 Å². The Morgan fingerprint density at radius 3 is 1.41 bits per heavy atom. The van der Waals surface area contributed by atoms with Crippen molar-refractivity contribution < 1.29 is 4.79 Å². The topological polar surface area (TPSA) is 17.1 Å². The Labute approximate surface area is 192 Å². The summed E-state index contributed by atoms with van der Waals surface area (Å²) >= 11 is 25.4. The van der Waals surface area contributed by atoms with E-state index in [1.165, 1.54) is 0 Å². The SMILES string of the molecule is CC(C)(C)C1C/C(=C/c2c(Cl)cccc2Cl)C(=O)/C(=C/c2c(Cl)cccc2Cl)C1. The largest absolute Gasteiger partial charge is 0.289 e. The standard InChI is InChI=1S/C24H22Cl4O/c1-24(2,3)16-10-14(12-17-19(25)6-4-7-20(17)26)23(29)15(11-16)13-18-21(27)8-5-9-22(18)28/h4-9,12-13,16H,10-11H2,1-3H3/b14-12-,15-13+. The molecule has 5 heteroatoms. The highest BCUT2D eigenvalue weighted by Crippen LogP contribution is 2.43. The van der Waals surface area contributed by atoms with Crippen LogP contribution in [-0.2, 0) is 4.79 Å². The van der Waals surface area contributed by atoms with Gasteiger partial charge in [0.15, 0.2) is 5.78 Å². The number of carbonyl (C=O) groups is 1. The lowest BCUT2D eigenvalue weighted by molar-refractivity contribution is -0.113. The minimum absolute atomic E-state index is 0.0162. The number of halogens is 4. The normalized spacial score (nSPS) is 20.5. The van der Waals surface area contributed by atoms with Gasteiger partial charge in [-0.1, -0.05) is 79.3 Å². The van der Waals surface area contributed by atoms with Crippen LogP contribution in [0.3, 0.4) is 0 Å². The summed E-state index contributed by atoms with van der Waals surface area (Å²) in [6.07, 6.45) is 4.98. The third kappa shape index (κ3) is 5.09. The van der Waals surface area contributed by atoms with Crippen molar-refractivity contribution in [1.82, 2.24) is 0 Å². The highest BCUT2D eigenvalue weighted by atomic mass is 35.5. The summed E-state index contributed by atoms with van der Waals surface area (Å²) in [7, 11) is 0. The van der Waals surface area contributed by atoms with Crippen LogP contribution in [-0.4, -0.2) is 5.78 Å². The van der Waals surface area contributed by atoms with Crippen molar-refractivity contribution in [2.75, 3.05) is 0 Å². The van der Waals surface area contributed by atoms with Gasteiger partial charge in [0.05, 0.1) is 0 Å². The molecule has 0 aromatic heterocycles. The fourth-order valence-electron chi connectivity index (χ4n) is 3.50. The number of hydrogen-bond donors (Lipinski definition) is 0. The Morgan fingerprint density at radius 2 is 1.10 bits per heavy atom. The van der Waals surface area contributed by atoms with Crippen LogP contribution in [0.2, 0.25) is 20.1 Å². The van der Waals surface area contributed by atoms with E-state index in [0.717, 1.165) is 0 Å². The van der Waals surface area contributed by atoms with Gasteiger partial charge in [0, 0.05) is 42.4 Å². The van der Waals surface area contributed by atoms with Crippen LogP contribution in [0.5, 0.6) is 0 Å². The minimum atomic E-state index is -0.0162. The lowest BCUT2D eigenvalue weighted by Gasteiger charge is -2.35. The van der Waals surface area contributed by atoms with Crippen molar-refractivity contribution in [2.45, 2.75) is 33.6 Å². The molecule has 1 atom stereocenters. The Morgan fingerprint density at radius 1 is 0.759 bits per heavy atom. The molecule has 0 heterocycles. The van der Waals surface area contributed by atoms with Gasteiger partial charge >= 0.3 is 0 Å². The van der Waals surface area contributed by atoms with E-state index in [2.05, 4.69) is 20.8 Å². The van der Waals surface area contributed by atoms with Crippen LogP contribution < -0.4 is 0 Å². The highest BCUT2D eigenvalue weighted by Gasteiger charge is 2.34. The van der Waals surface area contributed by atoms with Gasteiger partial charge in [-0.2, -0.15) is 0 Å². The smallest absolute Gasteiger partial charge is 0.185 e. The van der Waals surface area contributed by atoms with Gasteiger partial charge in [-0.25, -0.2) is 0 Å². The van der Waals surface area contributed by atoms with Gasteiger partial charge in [0.25, 0.3) is 0 Å². The Balaban J connectivity index is 2.12. The van der Waals surface area contributed by atoms with Crippen LogP contribution in [0.15, 0.2) is 47.5 Å². The molecule has 0 spiro atoms. The van der Waals surface area contributed by atoms with Crippen LogP contribution in [0.1, 0.15) is 44.7 Å². The summed E-state index contributed by atoms with van der Waals surface area (Å²) in [4.78, 5) is 13.3. The van der Waals surface area contributed by atoms with Crippen molar-refractivity contribution in [1.29, 1.82) is 0 Å². The highest BCUT2D eigenvalue weighted by molar-refractivity contribution is 6.38. The lowest BCUT2D eigenvalue weighted by Crippen LogP contribution is -2.29. The molecule has 152 valence electrons. The van der Waals surface area contributed by atoms with Gasteiger partial charge in [0.2, 0.25) is 0 Å². The van der Waals surface area contributed by atoms with E-state index in [4.69, 9.17) is 46.4 Å². The number of carbonyl (C=O) groups excluding carboxylic acids is 1. The Kier molecular flexibility index (Phi) is 6.85. The zero-order valence-corrected chi connectivity index (χ0v) is 19.6. The number of ketones is 1. The first-order valence-corrected chi connectivity index (χ1v) is 10.9. The van der Waals surface area contributed by atoms with E-state index < -0.39 is 0 Å². The predicted octanol–water partition coefficient (Wildman–Crippen LogP) is 8.79. The molecule has 2 aromatic carbocycles. The van der Waals surface area contributed by atoms with Gasteiger partial charge in [-0.3, -0.25) is 4.79 Å². The molecule has 0 radical (unpaired) electrons. The second-order valence-electron chi connectivity index (χ2n) is 8.41. The van der Waals surface area contributed by atoms with Crippen LogP contribution >= 0.6 is 46.4 Å². The molecule has 1 aliphatic rings. The van der Waals surface area contributed by atoms with Gasteiger partial charge in [0.1, 0.15) is 0 Å². The Hall–Kier alpha value is -1.25. The molecule has 1 saturated carbocycles. The second-order valence-corrected chi connectivity index (χ2v) is 10.0. The molecule has 2 aromatic rings. The van der Waals surface area contributed by atoms with E-state index in [-0.39, 0.29) is 17.1 Å².